The second kappa shape index (κ2) is 7.83. The Kier molecular flexibility index (Phi) is 6.09. The average molecular weight is 331 g/mol. The molecule has 0 bridgehead atoms. The fraction of sp³-hybridized carbons (Fsp3) is 0.385. The first-order valence-corrected chi connectivity index (χ1v) is 8.31. The molecule has 0 spiro atoms. The van der Waals surface area contributed by atoms with Gasteiger partial charge in [0.05, 0.1) is 16.0 Å². The number of halogens is 1. The molecule has 1 amide bonds. The number of nitrogens with zero attached hydrogens (tertiary/aromatic N) is 1. The number of carbonyl (C=O) groups is 1. The monoisotopic (exact) mass is 330 g/mol. The highest BCUT2D eigenvalue weighted by molar-refractivity contribution is 8.01. The van der Waals surface area contributed by atoms with Crippen molar-refractivity contribution in [2.24, 2.45) is 0 Å². The molecule has 1 N–H and O–H groups in total. The van der Waals surface area contributed by atoms with Gasteiger partial charge in [0.1, 0.15) is 0 Å². The third kappa shape index (κ3) is 4.63. The van der Waals surface area contributed by atoms with E-state index in [0.717, 1.165) is 21.0 Å². The number of hydrogen-bond acceptors (Lipinski definition) is 5. The number of methoxy groups -OCH3 is 1. The van der Waals surface area contributed by atoms with Crippen molar-refractivity contribution < 1.29 is 9.53 Å². The Bertz CT molecular complexity index is 589. The maximum absolute atomic E-state index is 11.6. The van der Waals surface area contributed by atoms with E-state index in [1.165, 1.54) is 11.8 Å². The van der Waals surface area contributed by atoms with Gasteiger partial charge in [-0.05, 0) is 24.6 Å². The van der Waals surface area contributed by atoms with Crippen LogP contribution in [-0.2, 0) is 9.53 Å². The number of thioether (sulfide) groups is 1. The number of ether oxygens (including phenoxy) is 1. The lowest BCUT2D eigenvalue weighted by molar-refractivity contribution is -0.118. The predicted octanol–water partition coefficient (Wildman–Crippen LogP) is 3.19. The highest BCUT2D eigenvalue weighted by Crippen LogP contribution is 2.30. The van der Waals surface area contributed by atoms with Gasteiger partial charge in [-0.3, -0.25) is 4.79 Å². The summed E-state index contributed by atoms with van der Waals surface area (Å²) >= 11 is 8.94. The van der Waals surface area contributed by atoms with E-state index in [9.17, 15) is 4.79 Å². The van der Waals surface area contributed by atoms with Crippen molar-refractivity contribution in [1.82, 2.24) is 10.3 Å². The van der Waals surface area contributed by atoms with E-state index in [1.807, 2.05) is 18.2 Å². The van der Waals surface area contributed by atoms with Crippen LogP contribution in [0.2, 0.25) is 5.02 Å². The van der Waals surface area contributed by atoms with Crippen molar-refractivity contribution in [1.29, 1.82) is 0 Å². The second-order valence-corrected chi connectivity index (χ2v) is 6.77. The topological polar surface area (TPSA) is 51.2 Å². The molecule has 2 rings (SSSR count). The van der Waals surface area contributed by atoms with E-state index in [1.54, 1.807) is 18.4 Å². The number of aromatic nitrogens is 1. The van der Waals surface area contributed by atoms with Crippen molar-refractivity contribution in [3.8, 4) is 0 Å². The maximum atomic E-state index is 11.6. The van der Waals surface area contributed by atoms with Crippen molar-refractivity contribution in [3.63, 3.8) is 0 Å². The highest BCUT2D eigenvalue weighted by Gasteiger charge is 2.07. The zero-order chi connectivity index (χ0) is 14.4. The molecule has 0 fully saturated rings. The Morgan fingerprint density at radius 3 is 3.20 bits per heavy atom. The fourth-order valence-corrected chi connectivity index (χ4v) is 3.61. The molecule has 0 radical (unpaired) electrons. The van der Waals surface area contributed by atoms with E-state index >= 15 is 0 Å². The van der Waals surface area contributed by atoms with E-state index in [4.69, 9.17) is 16.3 Å². The van der Waals surface area contributed by atoms with Gasteiger partial charge in [-0.1, -0.05) is 23.4 Å². The smallest absolute Gasteiger partial charge is 0.230 e. The van der Waals surface area contributed by atoms with Gasteiger partial charge < -0.3 is 10.1 Å². The molecule has 0 saturated carbocycles. The first kappa shape index (κ1) is 15.6. The average Bonchev–Trinajstić information content (AvgIpc) is 2.83. The Labute approximate surface area is 130 Å². The SMILES string of the molecule is COCCCNC(=O)CSc1nc2cc(Cl)ccc2s1. The van der Waals surface area contributed by atoms with Gasteiger partial charge in [0.25, 0.3) is 0 Å². The minimum atomic E-state index is 0.0170. The molecular formula is C13H15ClN2O2S2. The van der Waals surface area contributed by atoms with Gasteiger partial charge in [-0.25, -0.2) is 4.98 Å². The Hall–Kier alpha value is -0.820. The number of rotatable bonds is 7. The minimum absolute atomic E-state index is 0.0170. The third-order valence-corrected chi connectivity index (χ3v) is 4.92. The van der Waals surface area contributed by atoms with E-state index in [2.05, 4.69) is 10.3 Å². The van der Waals surface area contributed by atoms with Gasteiger partial charge in [0.15, 0.2) is 4.34 Å². The highest BCUT2D eigenvalue weighted by atomic mass is 35.5. The van der Waals surface area contributed by atoms with Crippen LogP contribution >= 0.6 is 34.7 Å². The summed E-state index contributed by atoms with van der Waals surface area (Å²) in [6.07, 6.45) is 0.826. The Morgan fingerprint density at radius 2 is 2.40 bits per heavy atom. The number of amides is 1. The second-order valence-electron chi connectivity index (χ2n) is 4.08. The van der Waals surface area contributed by atoms with Crippen LogP contribution in [0.15, 0.2) is 22.5 Å². The van der Waals surface area contributed by atoms with Crippen molar-refractivity contribution in [2.75, 3.05) is 26.0 Å². The van der Waals surface area contributed by atoms with Crippen molar-refractivity contribution >= 4 is 50.8 Å². The van der Waals surface area contributed by atoms with E-state index in [0.29, 0.717) is 23.9 Å². The number of hydrogen-bond donors (Lipinski definition) is 1. The number of carbonyl (C=O) groups excluding carboxylic acids is 1. The molecule has 0 saturated heterocycles. The van der Waals surface area contributed by atoms with Crippen LogP contribution in [0, 0.1) is 0 Å². The lowest BCUT2D eigenvalue weighted by atomic mass is 10.3. The fourth-order valence-electron chi connectivity index (χ4n) is 1.56. The zero-order valence-electron chi connectivity index (χ0n) is 11.0. The van der Waals surface area contributed by atoms with Gasteiger partial charge in [-0.2, -0.15) is 0 Å². The van der Waals surface area contributed by atoms with Crippen LogP contribution < -0.4 is 5.32 Å². The van der Waals surface area contributed by atoms with Crippen LogP contribution in [0.1, 0.15) is 6.42 Å². The lowest BCUT2D eigenvalue weighted by Gasteiger charge is -2.03. The van der Waals surface area contributed by atoms with Crippen LogP contribution in [0.3, 0.4) is 0 Å². The third-order valence-electron chi connectivity index (χ3n) is 2.50. The van der Waals surface area contributed by atoms with Crippen LogP contribution in [0.5, 0.6) is 0 Å². The molecule has 1 aromatic carbocycles. The largest absolute Gasteiger partial charge is 0.385 e. The first-order valence-electron chi connectivity index (χ1n) is 6.13. The summed E-state index contributed by atoms with van der Waals surface area (Å²) in [5.74, 6) is 0.393. The van der Waals surface area contributed by atoms with Crippen LogP contribution in [0.4, 0.5) is 0 Å². The first-order chi connectivity index (χ1) is 9.69. The van der Waals surface area contributed by atoms with Crippen LogP contribution in [-0.4, -0.2) is 36.9 Å². The number of nitrogens with one attached hydrogen (secondary N) is 1. The molecule has 0 unspecified atom stereocenters. The molecule has 1 aromatic heterocycles. The summed E-state index contributed by atoms with van der Waals surface area (Å²) in [5.41, 5.74) is 0.880. The van der Waals surface area contributed by atoms with Gasteiger partial charge >= 0.3 is 0 Å². The number of fused-ring (bicyclic) bond motifs is 1. The van der Waals surface area contributed by atoms with Crippen molar-refractivity contribution in [3.05, 3.63) is 23.2 Å². The van der Waals surface area contributed by atoms with Gasteiger partial charge in [-0.15, -0.1) is 11.3 Å². The number of thiazole rings is 1. The summed E-state index contributed by atoms with van der Waals surface area (Å²) in [6, 6.07) is 5.63. The molecule has 0 aliphatic carbocycles. The summed E-state index contributed by atoms with van der Waals surface area (Å²) < 4.78 is 6.89. The molecule has 0 aliphatic rings. The molecule has 4 nitrogen and oxygen atoms in total. The predicted molar refractivity (Wildman–Crippen MR) is 84.9 cm³/mol. The Balaban J connectivity index is 1.81. The Morgan fingerprint density at radius 1 is 1.55 bits per heavy atom. The number of benzene rings is 1. The summed E-state index contributed by atoms with van der Waals surface area (Å²) in [4.78, 5) is 16.1. The summed E-state index contributed by atoms with van der Waals surface area (Å²) in [5, 5.41) is 3.52. The van der Waals surface area contributed by atoms with Crippen LogP contribution in [0.25, 0.3) is 10.2 Å². The molecule has 20 heavy (non-hydrogen) atoms. The summed E-state index contributed by atoms with van der Waals surface area (Å²) in [6.45, 7) is 1.30. The molecule has 7 heteroatoms. The molecule has 0 aliphatic heterocycles. The quantitative estimate of drug-likeness (QED) is 0.625. The van der Waals surface area contributed by atoms with E-state index in [-0.39, 0.29) is 5.91 Å². The zero-order valence-corrected chi connectivity index (χ0v) is 13.4. The molecule has 0 atom stereocenters. The lowest BCUT2D eigenvalue weighted by Crippen LogP contribution is -2.26. The standard InChI is InChI=1S/C13H15ClN2O2S2/c1-18-6-2-5-15-12(17)8-19-13-16-10-7-9(14)3-4-11(10)20-13/h3-4,7H,2,5-6,8H2,1H3,(H,15,17). The van der Waals surface area contributed by atoms with Gasteiger partial charge in [0, 0.05) is 25.3 Å². The molecule has 2 aromatic rings. The maximum Gasteiger partial charge on any atom is 0.230 e. The molecule has 108 valence electrons. The van der Waals surface area contributed by atoms with E-state index < -0.39 is 0 Å². The molecular weight excluding hydrogens is 316 g/mol. The van der Waals surface area contributed by atoms with Crippen molar-refractivity contribution in [2.45, 2.75) is 10.8 Å². The van der Waals surface area contributed by atoms with Gasteiger partial charge in [0.2, 0.25) is 5.91 Å². The summed E-state index contributed by atoms with van der Waals surface area (Å²) in [7, 11) is 1.65. The minimum Gasteiger partial charge on any atom is -0.385 e. The normalized spacial score (nSPS) is 10.9. The molecule has 1 heterocycles.